The lowest BCUT2D eigenvalue weighted by Crippen LogP contribution is -2.42. The van der Waals surface area contributed by atoms with Crippen LogP contribution in [0.5, 0.6) is 0 Å². The van der Waals surface area contributed by atoms with E-state index >= 15 is 0 Å². The Morgan fingerprint density at radius 1 is 1.17 bits per heavy atom. The highest BCUT2D eigenvalue weighted by Crippen LogP contribution is 2.27. The molecule has 0 N–H and O–H groups in total. The smallest absolute Gasteiger partial charge is 0.129 e. The second-order valence-electron chi connectivity index (χ2n) is 6.86. The highest BCUT2D eigenvalue weighted by molar-refractivity contribution is 5.84. The standard InChI is InChI=1S/C18H22FN3O/c1-12-5-18(20-17-4-3-14(19)6-16(12)17)22-8-13-7-21(2)15(9-22)11-23-10-13/h3-6,13,15H,7-11H2,1-2H3/t13-,15+/m1/s1. The lowest BCUT2D eigenvalue weighted by Gasteiger charge is -2.31. The van der Waals surface area contributed by atoms with E-state index in [0.29, 0.717) is 12.0 Å². The van der Waals surface area contributed by atoms with Gasteiger partial charge in [-0.15, -0.1) is 0 Å². The van der Waals surface area contributed by atoms with Crippen LogP contribution in [0.1, 0.15) is 5.56 Å². The van der Waals surface area contributed by atoms with Gasteiger partial charge in [0.1, 0.15) is 11.6 Å². The maximum Gasteiger partial charge on any atom is 0.129 e. The van der Waals surface area contributed by atoms with E-state index in [9.17, 15) is 4.39 Å². The number of benzene rings is 1. The highest BCUT2D eigenvalue weighted by atomic mass is 19.1. The molecule has 2 aliphatic heterocycles. The van der Waals surface area contributed by atoms with Gasteiger partial charge in [-0.05, 0) is 43.8 Å². The van der Waals surface area contributed by atoms with Gasteiger partial charge in [-0.25, -0.2) is 9.37 Å². The molecule has 0 spiro atoms. The van der Waals surface area contributed by atoms with Gasteiger partial charge >= 0.3 is 0 Å². The van der Waals surface area contributed by atoms with Crippen molar-refractivity contribution in [2.45, 2.75) is 13.0 Å². The number of nitrogens with zero attached hydrogens (tertiary/aromatic N) is 3. The summed E-state index contributed by atoms with van der Waals surface area (Å²) in [5, 5.41) is 0.893. The molecule has 2 atom stereocenters. The van der Waals surface area contributed by atoms with Gasteiger partial charge in [0.05, 0.1) is 24.8 Å². The average Bonchev–Trinajstić information content (AvgIpc) is 2.76. The molecule has 23 heavy (non-hydrogen) atoms. The van der Waals surface area contributed by atoms with Crippen LogP contribution >= 0.6 is 0 Å². The topological polar surface area (TPSA) is 28.6 Å². The largest absolute Gasteiger partial charge is 0.379 e. The normalized spacial score (nSPS) is 25.6. The second kappa shape index (κ2) is 5.73. The molecule has 3 heterocycles. The van der Waals surface area contributed by atoms with Crippen molar-refractivity contribution < 1.29 is 9.13 Å². The summed E-state index contributed by atoms with van der Waals surface area (Å²) < 4.78 is 19.3. The number of likely N-dealkylation sites (N-methyl/N-ethyl adjacent to an activating group) is 1. The molecule has 2 aliphatic rings. The number of hydrogen-bond donors (Lipinski definition) is 0. The molecule has 2 aromatic rings. The van der Waals surface area contributed by atoms with Crippen molar-refractivity contribution in [1.29, 1.82) is 0 Å². The molecule has 1 aromatic carbocycles. The van der Waals surface area contributed by atoms with Gasteiger partial charge in [0.25, 0.3) is 0 Å². The quantitative estimate of drug-likeness (QED) is 0.808. The van der Waals surface area contributed by atoms with Crippen LogP contribution in [-0.2, 0) is 4.74 Å². The zero-order valence-electron chi connectivity index (χ0n) is 13.6. The van der Waals surface area contributed by atoms with Crippen molar-refractivity contribution in [1.82, 2.24) is 9.88 Å². The molecule has 4 rings (SSSR count). The van der Waals surface area contributed by atoms with Crippen molar-refractivity contribution >= 4 is 16.7 Å². The molecule has 5 heteroatoms. The summed E-state index contributed by atoms with van der Waals surface area (Å²) in [4.78, 5) is 9.57. The SMILES string of the molecule is Cc1cc(N2C[C@@H]3COC[C@H](C2)N(C)C3)nc2ccc(F)cc12. The lowest BCUT2D eigenvalue weighted by atomic mass is 10.1. The third kappa shape index (κ3) is 2.79. The minimum atomic E-state index is -0.210. The van der Waals surface area contributed by atoms with E-state index in [1.54, 1.807) is 12.1 Å². The van der Waals surface area contributed by atoms with Crippen LogP contribution in [0.25, 0.3) is 10.9 Å². The van der Waals surface area contributed by atoms with Gasteiger partial charge in [-0.1, -0.05) is 0 Å². The van der Waals surface area contributed by atoms with Gasteiger partial charge in [-0.3, -0.25) is 4.90 Å². The Labute approximate surface area is 135 Å². The first-order valence-electron chi connectivity index (χ1n) is 8.20. The van der Waals surface area contributed by atoms with E-state index in [0.717, 1.165) is 55.1 Å². The zero-order chi connectivity index (χ0) is 16.0. The van der Waals surface area contributed by atoms with Crippen molar-refractivity contribution in [3.63, 3.8) is 0 Å². The number of hydrogen-bond acceptors (Lipinski definition) is 4. The molecule has 1 aromatic heterocycles. The lowest BCUT2D eigenvalue weighted by molar-refractivity contribution is 0.0930. The first-order valence-corrected chi connectivity index (χ1v) is 8.20. The number of rotatable bonds is 1. The Kier molecular flexibility index (Phi) is 3.70. The molecule has 0 aliphatic carbocycles. The van der Waals surface area contributed by atoms with Crippen LogP contribution in [0.4, 0.5) is 10.2 Å². The molecule has 0 unspecified atom stereocenters. The molecule has 122 valence electrons. The van der Waals surface area contributed by atoms with Gasteiger partial charge in [0.2, 0.25) is 0 Å². The Hall–Kier alpha value is -1.72. The average molecular weight is 315 g/mol. The minimum Gasteiger partial charge on any atom is -0.379 e. The Bertz CT molecular complexity index is 736. The third-order valence-corrected chi connectivity index (χ3v) is 5.03. The van der Waals surface area contributed by atoms with Gasteiger partial charge < -0.3 is 9.64 Å². The number of aromatic nitrogens is 1. The number of aryl methyl sites for hydroxylation is 1. The summed E-state index contributed by atoms with van der Waals surface area (Å²) in [6, 6.07) is 7.31. The second-order valence-corrected chi connectivity index (χ2v) is 6.86. The number of pyridine rings is 1. The summed E-state index contributed by atoms with van der Waals surface area (Å²) in [5.74, 6) is 1.28. The van der Waals surface area contributed by atoms with Crippen LogP contribution in [0.3, 0.4) is 0 Å². The summed E-state index contributed by atoms with van der Waals surface area (Å²) in [6.45, 7) is 6.57. The van der Waals surface area contributed by atoms with Gasteiger partial charge in [-0.2, -0.15) is 0 Å². The molecular formula is C18H22FN3O. The van der Waals surface area contributed by atoms with Crippen LogP contribution in [0.2, 0.25) is 0 Å². The van der Waals surface area contributed by atoms with Crippen molar-refractivity contribution in [2.75, 3.05) is 44.8 Å². The number of ether oxygens (including phenoxy) is 1. The fourth-order valence-electron chi connectivity index (χ4n) is 3.75. The van der Waals surface area contributed by atoms with E-state index in [1.165, 1.54) is 6.07 Å². The van der Waals surface area contributed by atoms with E-state index in [4.69, 9.17) is 9.72 Å². The number of anilines is 1. The monoisotopic (exact) mass is 315 g/mol. The minimum absolute atomic E-state index is 0.210. The number of fused-ring (bicyclic) bond motifs is 4. The number of halogens is 1. The molecule has 4 nitrogen and oxygen atoms in total. The van der Waals surface area contributed by atoms with E-state index in [-0.39, 0.29) is 5.82 Å². The van der Waals surface area contributed by atoms with E-state index in [2.05, 4.69) is 22.9 Å². The Morgan fingerprint density at radius 2 is 2.04 bits per heavy atom. The molecule has 2 fully saturated rings. The zero-order valence-corrected chi connectivity index (χ0v) is 13.6. The summed E-state index contributed by atoms with van der Waals surface area (Å²) >= 11 is 0. The fraction of sp³-hybridized carbons (Fsp3) is 0.500. The molecule has 0 saturated carbocycles. The molecule has 2 bridgehead atoms. The third-order valence-electron chi connectivity index (χ3n) is 5.03. The van der Waals surface area contributed by atoms with Gasteiger partial charge in [0, 0.05) is 30.9 Å². The maximum absolute atomic E-state index is 13.5. The summed E-state index contributed by atoms with van der Waals surface area (Å²) in [6.07, 6.45) is 0. The van der Waals surface area contributed by atoms with Crippen molar-refractivity contribution in [3.05, 3.63) is 35.6 Å². The predicted molar refractivity (Wildman–Crippen MR) is 89.4 cm³/mol. The maximum atomic E-state index is 13.5. The fourth-order valence-corrected chi connectivity index (χ4v) is 3.75. The van der Waals surface area contributed by atoms with Crippen molar-refractivity contribution in [2.24, 2.45) is 5.92 Å². The summed E-state index contributed by atoms with van der Waals surface area (Å²) in [5.41, 5.74) is 1.93. The van der Waals surface area contributed by atoms with E-state index < -0.39 is 0 Å². The van der Waals surface area contributed by atoms with Crippen LogP contribution in [-0.4, -0.2) is 55.8 Å². The molecule has 0 amide bonds. The predicted octanol–water partition coefficient (Wildman–Crippen LogP) is 2.45. The first kappa shape index (κ1) is 14.8. The highest BCUT2D eigenvalue weighted by Gasteiger charge is 2.32. The molecule has 2 saturated heterocycles. The van der Waals surface area contributed by atoms with Crippen LogP contribution < -0.4 is 4.90 Å². The Morgan fingerprint density at radius 3 is 2.91 bits per heavy atom. The van der Waals surface area contributed by atoms with Crippen LogP contribution in [0, 0.1) is 18.7 Å². The Balaban J connectivity index is 1.72. The van der Waals surface area contributed by atoms with Gasteiger partial charge in [0.15, 0.2) is 0 Å². The molecular weight excluding hydrogens is 293 g/mol. The molecule has 0 radical (unpaired) electrons. The summed E-state index contributed by atoms with van der Waals surface area (Å²) in [7, 11) is 2.18. The van der Waals surface area contributed by atoms with E-state index in [1.807, 2.05) is 6.92 Å². The first-order chi connectivity index (χ1) is 11.1. The van der Waals surface area contributed by atoms with Crippen LogP contribution in [0.15, 0.2) is 24.3 Å². The van der Waals surface area contributed by atoms with Crippen molar-refractivity contribution in [3.8, 4) is 0 Å².